The molecule has 0 saturated carbocycles. The predicted octanol–water partition coefficient (Wildman–Crippen LogP) is 2.34. The van der Waals surface area contributed by atoms with Crippen LogP contribution in [-0.2, 0) is 13.0 Å². The third-order valence-electron chi connectivity index (χ3n) is 2.93. The smallest absolute Gasteiger partial charge is 0.253 e. The Morgan fingerprint density at radius 1 is 1.35 bits per heavy atom. The average Bonchev–Trinajstić information content (AvgIpc) is 2.97. The van der Waals surface area contributed by atoms with Crippen molar-refractivity contribution in [3.8, 4) is 0 Å². The Balaban J connectivity index is 0.00000200. The molecule has 108 valence electrons. The summed E-state index contributed by atoms with van der Waals surface area (Å²) in [6, 6.07) is 7.43. The first kappa shape index (κ1) is 16.6. The summed E-state index contributed by atoms with van der Waals surface area (Å²) in [5.41, 5.74) is 7.26. The van der Waals surface area contributed by atoms with E-state index in [9.17, 15) is 4.79 Å². The Kier molecular flexibility index (Phi) is 6.64. The topological polar surface area (TPSA) is 59.2 Å². The summed E-state index contributed by atoms with van der Waals surface area (Å²) >= 11 is 1.61. The van der Waals surface area contributed by atoms with Crippen LogP contribution in [0.2, 0.25) is 0 Å². The predicted molar refractivity (Wildman–Crippen MR) is 84.4 cm³/mol. The molecule has 1 amide bonds. The average molecular weight is 312 g/mol. The first-order chi connectivity index (χ1) is 9.20. The maximum Gasteiger partial charge on any atom is 0.253 e. The molecule has 0 spiro atoms. The van der Waals surface area contributed by atoms with Gasteiger partial charge in [0.25, 0.3) is 5.91 Å². The Morgan fingerprint density at radius 2 is 2.05 bits per heavy atom. The molecule has 1 aromatic carbocycles. The van der Waals surface area contributed by atoms with Crippen LogP contribution in [0.25, 0.3) is 0 Å². The summed E-state index contributed by atoms with van der Waals surface area (Å²) in [6.45, 7) is 1.17. The minimum Gasteiger partial charge on any atom is -0.341 e. The van der Waals surface area contributed by atoms with Gasteiger partial charge in [-0.2, -0.15) is 0 Å². The van der Waals surface area contributed by atoms with Crippen molar-refractivity contribution in [2.75, 3.05) is 13.6 Å². The molecule has 0 atom stereocenters. The second-order valence-electron chi connectivity index (χ2n) is 4.30. The number of benzene rings is 1. The number of nitrogens with two attached hydrogens (primary N) is 1. The summed E-state index contributed by atoms with van der Waals surface area (Å²) in [4.78, 5) is 18.1. The molecule has 20 heavy (non-hydrogen) atoms. The van der Waals surface area contributed by atoms with E-state index < -0.39 is 0 Å². The zero-order valence-corrected chi connectivity index (χ0v) is 12.9. The lowest BCUT2D eigenvalue weighted by Crippen LogP contribution is -2.28. The summed E-state index contributed by atoms with van der Waals surface area (Å²) in [6.07, 6.45) is 2.58. The van der Waals surface area contributed by atoms with E-state index in [1.165, 1.54) is 0 Å². The standard InChI is InChI=1S/C14H17N3OS.ClH/c1-17(8-6-13-16-7-9-19-13)14(18)12-4-2-11(10-15)3-5-12;/h2-5,7,9H,6,8,10,15H2,1H3;1H. The minimum atomic E-state index is 0. The number of carbonyl (C=O) groups excluding carboxylic acids is 1. The maximum absolute atomic E-state index is 12.2. The van der Waals surface area contributed by atoms with Crippen LogP contribution >= 0.6 is 23.7 Å². The van der Waals surface area contributed by atoms with E-state index in [0.717, 1.165) is 17.0 Å². The van der Waals surface area contributed by atoms with E-state index in [0.29, 0.717) is 18.7 Å². The lowest BCUT2D eigenvalue weighted by Gasteiger charge is -2.16. The molecule has 0 bridgehead atoms. The van der Waals surface area contributed by atoms with Crippen molar-refractivity contribution in [3.05, 3.63) is 52.0 Å². The number of amides is 1. The molecule has 0 aliphatic rings. The second kappa shape index (κ2) is 7.99. The number of nitrogens with zero attached hydrogens (tertiary/aromatic N) is 2. The van der Waals surface area contributed by atoms with Gasteiger partial charge >= 0.3 is 0 Å². The van der Waals surface area contributed by atoms with Gasteiger partial charge in [-0.15, -0.1) is 23.7 Å². The quantitative estimate of drug-likeness (QED) is 0.922. The van der Waals surface area contributed by atoms with Crippen molar-refractivity contribution in [1.29, 1.82) is 0 Å². The number of aromatic nitrogens is 1. The monoisotopic (exact) mass is 311 g/mol. The van der Waals surface area contributed by atoms with Crippen LogP contribution in [-0.4, -0.2) is 29.4 Å². The fourth-order valence-corrected chi connectivity index (χ4v) is 2.35. The van der Waals surface area contributed by atoms with Crippen molar-refractivity contribution in [2.45, 2.75) is 13.0 Å². The highest BCUT2D eigenvalue weighted by atomic mass is 35.5. The van der Waals surface area contributed by atoms with Crippen LogP contribution in [0.3, 0.4) is 0 Å². The molecule has 0 aliphatic carbocycles. The molecule has 4 nitrogen and oxygen atoms in total. The molecule has 1 heterocycles. The summed E-state index contributed by atoms with van der Waals surface area (Å²) in [7, 11) is 1.81. The van der Waals surface area contributed by atoms with Crippen LogP contribution in [0.4, 0.5) is 0 Å². The van der Waals surface area contributed by atoms with Gasteiger partial charge in [0.15, 0.2) is 0 Å². The highest BCUT2D eigenvalue weighted by Crippen LogP contribution is 2.09. The van der Waals surface area contributed by atoms with Crippen LogP contribution in [0.1, 0.15) is 20.9 Å². The normalized spacial score (nSPS) is 9.90. The van der Waals surface area contributed by atoms with Gasteiger partial charge in [-0.1, -0.05) is 12.1 Å². The van der Waals surface area contributed by atoms with Crippen LogP contribution < -0.4 is 5.73 Å². The van der Waals surface area contributed by atoms with E-state index in [2.05, 4.69) is 4.98 Å². The molecular formula is C14H18ClN3OS. The van der Waals surface area contributed by atoms with Gasteiger partial charge in [0, 0.05) is 43.7 Å². The van der Waals surface area contributed by atoms with Crippen molar-refractivity contribution in [2.24, 2.45) is 5.73 Å². The highest BCUT2D eigenvalue weighted by molar-refractivity contribution is 7.09. The Labute approximate surface area is 129 Å². The van der Waals surface area contributed by atoms with Crippen LogP contribution in [0, 0.1) is 0 Å². The summed E-state index contributed by atoms with van der Waals surface area (Å²) in [5, 5.41) is 3.00. The highest BCUT2D eigenvalue weighted by Gasteiger charge is 2.11. The van der Waals surface area contributed by atoms with Crippen LogP contribution in [0.5, 0.6) is 0 Å². The van der Waals surface area contributed by atoms with Gasteiger partial charge in [-0.05, 0) is 17.7 Å². The molecule has 0 radical (unpaired) electrons. The van der Waals surface area contributed by atoms with Crippen molar-refractivity contribution < 1.29 is 4.79 Å². The summed E-state index contributed by atoms with van der Waals surface area (Å²) < 4.78 is 0. The molecule has 6 heteroatoms. The van der Waals surface area contributed by atoms with Gasteiger partial charge in [0.1, 0.15) is 0 Å². The lowest BCUT2D eigenvalue weighted by molar-refractivity contribution is 0.0796. The number of thiazole rings is 1. The first-order valence-corrected chi connectivity index (χ1v) is 7.01. The SMILES string of the molecule is CN(CCc1nccs1)C(=O)c1ccc(CN)cc1.Cl. The molecule has 0 saturated heterocycles. The number of halogens is 1. The van der Waals surface area contributed by atoms with E-state index in [-0.39, 0.29) is 18.3 Å². The van der Waals surface area contributed by atoms with Crippen molar-refractivity contribution >= 4 is 29.7 Å². The molecule has 0 unspecified atom stereocenters. The zero-order valence-electron chi connectivity index (χ0n) is 11.3. The molecule has 0 fully saturated rings. The number of carbonyl (C=O) groups is 1. The third-order valence-corrected chi connectivity index (χ3v) is 3.77. The van der Waals surface area contributed by atoms with Gasteiger partial charge in [-0.3, -0.25) is 4.79 Å². The number of hydrogen-bond donors (Lipinski definition) is 1. The molecular weight excluding hydrogens is 294 g/mol. The van der Waals surface area contributed by atoms with E-state index in [4.69, 9.17) is 5.73 Å². The number of rotatable bonds is 5. The van der Waals surface area contributed by atoms with Gasteiger partial charge in [-0.25, -0.2) is 4.98 Å². The fourth-order valence-electron chi connectivity index (χ4n) is 1.75. The van der Waals surface area contributed by atoms with E-state index in [1.54, 1.807) is 22.4 Å². The molecule has 2 rings (SSSR count). The lowest BCUT2D eigenvalue weighted by atomic mass is 10.1. The van der Waals surface area contributed by atoms with Crippen LogP contribution in [0.15, 0.2) is 35.8 Å². The van der Waals surface area contributed by atoms with E-state index in [1.807, 2.05) is 36.7 Å². The minimum absolute atomic E-state index is 0. The van der Waals surface area contributed by atoms with Crippen molar-refractivity contribution in [1.82, 2.24) is 9.88 Å². The zero-order chi connectivity index (χ0) is 13.7. The Bertz CT molecular complexity index is 528. The first-order valence-electron chi connectivity index (χ1n) is 6.13. The second-order valence-corrected chi connectivity index (χ2v) is 5.28. The number of likely N-dealkylation sites (N-methyl/N-ethyl adjacent to an activating group) is 1. The molecule has 0 aliphatic heterocycles. The third kappa shape index (κ3) is 4.30. The van der Waals surface area contributed by atoms with E-state index >= 15 is 0 Å². The van der Waals surface area contributed by atoms with Gasteiger partial charge in [0.2, 0.25) is 0 Å². The Morgan fingerprint density at radius 3 is 2.60 bits per heavy atom. The maximum atomic E-state index is 12.2. The van der Waals surface area contributed by atoms with Gasteiger partial charge in [0.05, 0.1) is 5.01 Å². The van der Waals surface area contributed by atoms with Crippen molar-refractivity contribution in [3.63, 3.8) is 0 Å². The molecule has 1 aromatic heterocycles. The fraction of sp³-hybridized carbons (Fsp3) is 0.286. The largest absolute Gasteiger partial charge is 0.341 e. The molecule has 2 N–H and O–H groups in total. The molecule has 2 aromatic rings. The Hall–Kier alpha value is -1.43. The summed E-state index contributed by atoms with van der Waals surface area (Å²) in [5.74, 6) is 0.0279. The van der Waals surface area contributed by atoms with Gasteiger partial charge < -0.3 is 10.6 Å². The number of hydrogen-bond acceptors (Lipinski definition) is 4.